The van der Waals surface area contributed by atoms with Crippen LogP contribution in [0.3, 0.4) is 0 Å². The smallest absolute Gasteiger partial charge is 0.410 e. The monoisotopic (exact) mass is 858 g/mol. The summed E-state index contributed by atoms with van der Waals surface area (Å²) < 4.78 is 9.24. The number of anilines is 4. The number of aryl methyl sites for hydroxylation is 4. The van der Waals surface area contributed by atoms with Gasteiger partial charge in [0.05, 0.1) is 36.7 Å². The molecule has 1 amide bonds. The zero-order chi connectivity index (χ0) is 44.7. The highest BCUT2D eigenvalue weighted by Gasteiger charge is 2.31. The van der Waals surface area contributed by atoms with Crippen molar-refractivity contribution in [2.24, 2.45) is 0 Å². The standard InChI is InChI=1S/C25H33N7O3.C20H25N7O/c1-16-12-17(2)14-18(13-16)27-23-26-9-6-20(28-23)22-21(15-33)29-30-32(22)19-7-10-31(11-8-19)24(34)35-25(3,4)5;1-13-9-14(2)11-15(10-13)23-20-22-8-5-17(24-20)19-18(12-28)25-26-27(19)16-3-6-21-7-4-16/h6,9,12-14,19,33H,7-8,10-11,15H2,1-5H3,(H,26,27,28);5,8-11,16,21,28H,3-4,6-7,12H2,1-2H3,(H,22,23,24). The molecule has 0 unspecified atom stereocenters. The van der Waals surface area contributed by atoms with Gasteiger partial charge in [0, 0.05) is 36.9 Å². The lowest BCUT2D eigenvalue weighted by atomic mass is 10.0. The number of nitrogens with one attached hydrogen (secondary N) is 3. The van der Waals surface area contributed by atoms with Crippen molar-refractivity contribution in [2.45, 2.75) is 105 Å². The summed E-state index contributed by atoms with van der Waals surface area (Å²) in [5.41, 5.74) is 9.70. The van der Waals surface area contributed by atoms with Gasteiger partial charge < -0.3 is 35.8 Å². The number of benzene rings is 2. The summed E-state index contributed by atoms with van der Waals surface area (Å²) in [6, 6.07) is 16.3. The molecule has 0 radical (unpaired) electrons. The molecule has 6 aromatic rings. The van der Waals surface area contributed by atoms with Gasteiger partial charge in [0.25, 0.3) is 0 Å². The maximum absolute atomic E-state index is 12.4. The Labute approximate surface area is 367 Å². The van der Waals surface area contributed by atoms with Crippen molar-refractivity contribution >= 4 is 29.4 Å². The van der Waals surface area contributed by atoms with E-state index in [1.807, 2.05) is 62.2 Å². The van der Waals surface area contributed by atoms with Gasteiger partial charge in [-0.2, -0.15) is 0 Å². The molecule has 4 aromatic heterocycles. The van der Waals surface area contributed by atoms with Crippen molar-refractivity contribution in [1.82, 2.24) is 60.1 Å². The van der Waals surface area contributed by atoms with E-state index in [0.29, 0.717) is 66.3 Å². The van der Waals surface area contributed by atoms with E-state index in [-0.39, 0.29) is 31.4 Å². The topological polar surface area (TPSA) is 219 Å². The molecule has 63 heavy (non-hydrogen) atoms. The van der Waals surface area contributed by atoms with Gasteiger partial charge in [-0.1, -0.05) is 22.6 Å². The number of carbonyl (C=O) groups is 1. The van der Waals surface area contributed by atoms with Crippen molar-refractivity contribution in [3.63, 3.8) is 0 Å². The van der Waals surface area contributed by atoms with Gasteiger partial charge in [0.1, 0.15) is 28.4 Å². The number of aromatic nitrogens is 10. The van der Waals surface area contributed by atoms with E-state index in [1.54, 1.807) is 23.4 Å². The number of carbonyl (C=O) groups excluding carboxylic acids is 1. The Morgan fingerprint density at radius 1 is 0.698 bits per heavy atom. The van der Waals surface area contributed by atoms with Crippen LogP contribution in [0.2, 0.25) is 0 Å². The Kier molecular flexibility index (Phi) is 14.0. The molecule has 0 saturated carbocycles. The summed E-state index contributed by atoms with van der Waals surface area (Å²) >= 11 is 0. The van der Waals surface area contributed by atoms with Gasteiger partial charge in [-0.05, 0) is 146 Å². The van der Waals surface area contributed by atoms with E-state index in [9.17, 15) is 15.0 Å². The van der Waals surface area contributed by atoms with Crippen LogP contribution in [0.25, 0.3) is 22.8 Å². The van der Waals surface area contributed by atoms with E-state index >= 15 is 0 Å². The molecule has 2 aliphatic rings. The fourth-order valence-corrected chi connectivity index (χ4v) is 8.03. The number of nitrogens with zero attached hydrogens (tertiary/aromatic N) is 11. The highest BCUT2D eigenvalue weighted by Crippen LogP contribution is 2.32. The second kappa shape index (κ2) is 19.8. The van der Waals surface area contributed by atoms with Crippen LogP contribution in [-0.2, 0) is 18.0 Å². The van der Waals surface area contributed by atoms with Gasteiger partial charge in [-0.25, -0.2) is 34.1 Å². The van der Waals surface area contributed by atoms with Gasteiger partial charge in [-0.15, -0.1) is 10.2 Å². The normalized spacial score (nSPS) is 14.8. The Bertz CT molecular complexity index is 2460. The number of likely N-dealkylation sites (tertiary alicyclic amines) is 1. The van der Waals surface area contributed by atoms with E-state index in [2.05, 4.69) is 89.6 Å². The minimum atomic E-state index is -0.529. The number of hydrogen-bond acceptors (Lipinski definition) is 15. The summed E-state index contributed by atoms with van der Waals surface area (Å²) in [5, 5.41) is 46.7. The molecule has 18 heteroatoms. The number of rotatable bonds is 10. The predicted molar refractivity (Wildman–Crippen MR) is 240 cm³/mol. The Morgan fingerprint density at radius 3 is 1.54 bits per heavy atom. The molecular formula is C45H58N14O4. The molecule has 0 spiro atoms. The minimum Gasteiger partial charge on any atom is -0.444 e. The largest absolute Gasteiger partial charge is 0.444 e. The summed E-state index contributed by atoms with van der Waals surface area (Å²) in [6.45, 7) is 16.4. The summed E-state index contributed by atoms with van der Waals surface area (Å²) in [5.74, 6) is 0.952. The highest BCUT2D eigenvalue weighted by atomic mass is 16.6. The number of aliphatic hydroxyl groups excluding tert-OH is 2. The van der Waals surface area contributed by atoms with Crippen molar-refractivity contribution in [1.29, 1.82) is 0 Å². The lowest BCUT2D eigenvalue weighted by Crippen LogP contribution is -2.42. The zero-order valence-electron chi connectivity index (χ0n) is 37.1. The molecule has 2 aliphatic heterocycles. The van der Waals surface area contributed by atoms with Crippen LogP contribution in [0.5, 0.6) is 0 Å². The number of aliphatic hydroxyl groups is 2. The molecule has 2 fully saturated rings. The van der Waals surface area contributed by atoms with E-state index in [0.717, 1.165) is 54.1 Å². The molecule has 8 rings (SSSR count). The molecule has 2 saturated heterocycles. The first-order chi connectivity index (χ1) is 30.3. The summed E-state index contributed by atoms with van der Waals surface area (Å²) in [6.07, 6.45) is 6.42. The average molecular weight is 859 g/mol. The molecule has 0 atom stereocenters. The third-order valence-corrected chi connectivity index (χ3v) is 10.7. The quantitative estimate of drug-likeness (QED) is 0.0971. The van der Waals surface area contributed by atoms with Crippen LogP contribution in [-0.4, -0.2) is 103 Å². The molecule has 6 heterocycles. The Morgan fingerprint density at radius 2 is 1.13 bits per heavy atom. The average Bonchev–Trinajstić information content (AvgIpc) is 3.88. The third kappa shape index (κ3) is 11.4. The SMILES string of the molecule is Cc1cc(C)cc(Nc2nccc(-c3c(CO)nnn3C3CCN(C(=O)OC(C)(C)C)CC3)n2)c1.Cc1cc(C)cc(Nc2nccc(-c3c(CO)nnn3C3CCNCC3)n2)c1. The lowest BCUT2D eigenvalue weighted by molar-refractivity contribution is 0.0184. The van der Waals surface area contributed by atoms with E-state index in [4.69, 9.17) is 9.72 Å². The molecule has 5 N–H and O–H groups in total. The first-order valence-corrected chi connectivity index (χ1v) is 21.4. The molecule has 0 bridgehead atoms. The van der Waals surface area contributed by atoms with Crippen LogP contribution in [0.1, 0.15) is 92.2 Å². The van der Waals surface area contributed by atoms with Crippen LogP contribution >= 0.6 is 0 Å². The van der Waals surface area contributed by atoms with Crippen LogP contribution < -0.4 is 16.0 Å². The van der Waals surface area contributed by atoms with Crippen molar-refractivity contribution in [2.75, 3.05) is 36.8 Å². The zero-order valence-corrected chi connectivity index (χ0v) is 37.1. The predicted octanol–water partition coefficient (Wildman–Crippen LogP) is 6.67. The van der Waals surface area contributed by atoms with E-state index in [1.165, 1.54) is 11.1 Å². The Hall–Kier alpha value is -6.37. The van der Waals surface area contributed by atoms with Crippen molar-refractivity contribution < 1.29 is 19.7 Å². The van der Waals surface area contributed by atoms with Crippen LogP contribution in [0, 0.1) is 27.7 Å². The summed E-state index contributed by atoms with van der Waals surface area (Å²) in [7, 11) is 0. The fraction of sp³-hybridized carbons (Fsp3) is 0.444. The van der Waals surface area contributed by atoms with Crippen molar-refractivity contribution in [3.05, 3.63) is 94.6 Å². The molecule has 332 valence electrons. The maximum atomic E-state index is 12.4. The third-order valence-electron chi connectivity index (χ3n) is 10.7. The minimum absolute atomic E-state index is 0.0160. The lowest BCUT2D eigenvalue weighted by Gasteiger charge is -2.33. The van der Waals surface area contributed by atoms with Gasteiger partial charge in [0.15, 0.2) is 0 Å². The van der Waals surface area contributed by atoms with Gasteiger partial charge in [0.2, 0.25) is 11.9 Å². The maximum Gasteiger partial charge on any atom is 0.410 e. The highest BCUT2D eigenvalue weighted by molar-refractivity contribution is 5.68. The van der Waals surface area contributed by atoms with Crippen LogP contribution in [0.15, 0.2) is 60.9 Å². The number of ether oxygens (including phenoxy) is 1. The fourth-order valence-electron chi connectivity index (χ4n) is 8.03. The Balaban J connectivity index is 0.000000193. The number of hydrogen-bond donors (Lipinski definition) is 5. The summed E-state index contributed by atoms with van der Waals surface area (Å²) in [4.78, 5) is 32.3. The molecule has 2 aromatic carbocycles. The van der Waals surface area contributed by atoms with Crippen LogP contribution in [0.4, 0.5) is 28.1 Å². The second-order valence-corrected chi connectivity index (χ2v) is 17.2. The number of amides is 1. The first-order valence-electron chi connectivity index (χ1n) is 21.4. The number of piperidine rings is 2. The molecular weight excluding hydrogens is 801 g/mol. The molecule has 18 nitrogen and oxygen atoms in total. The van der Waals surface area contributed by atoms with E-state index < -0.39 is 5.60 Å². The second-order valence-electron chi connectivity index (χ2n) is 17.2. The first kappa shape index (κ1) is 44.7. The van der Waals surface area contributed by atoms with Gasteiger partial charge in [-0.3, -0.25) is 0 Å². The molecule has 0 aliphatic carbocycles. The van der Waals surface area contributed by atoms with Gasteiger partial charge >= 0.3 is 6.09 Å². The van der Waals surface area contributed by atoms with Crippen molar-refractivity contribution in [3.8, 4) is 22.8 Å².